The topological polar surface area (TPSA) is 81.4 Å². The summed E-state index contributed by atoms with van der Waals surface area (Å²) in [6.07, 6.45) is 1.51. The van der Waals surface area contributed by atoms with E-state index in [4.69, 9.17) is 9.47 Å². The second-order valence-electron chi connectivity index (χ2n) is 9.25. The number of aromatic nitrogens is 3. The van der Waals surface area contributed by atoms with Crippen LogP contribution in [0.1, 0.15) is 32.0 Å². The third-order valence-corrected chi connectivity index (χ3v) is 6.36. The first-order valence-corrected chi connectivity index (χ1v) is 11.5. The number of nitrogens with one attached hydrogen (secondary N) is 1. The lowest BCUT2D eigenvalue weighted by Gasteiger charge is -2.29. The number of ether oxygens (including phenoxy) is 2. The van der Waals surface area contributed by atoms with Crippen molar-refractivity contribution < 1.29 is 27.8 Å². The van der Waals surface area contributed by atoms with E-state index in [-0.39, 0.29) is 36.2 Å². The number of aliphatic hydroxyl groups is 1. The van der Waals surface area contributed by atoms with Crippen molar-refractivity contribution in [3.05, 3.63) is 83.4 Å². The third kappa shape index (κ3) is 4.11. The van der Waals surface area contributed by atoms with Crippen molar-refractivity contribution in [2.24, 2.45) is 0 Å². The molecule has 0 bridgehead atoms. The predicted octanol–water partition coefficient (Wildman–Crippen LogP) is 4.66. The second-order valence-corrected chi connectivity index (χ2v) is 9.25. The summed E-state index contributed by atoms with van der Waals surface area (Å²) in [6, 6.07) is 10.3. The molecule has 3 heterocycles. The van der Waals surface area contributed by atoms with Gasteiger partial charge < -0.3 is 19.9 Å². The van der Waals surface area contributed by atoms with Gasteiger partial charge in [0.15, 0.2) is 5.65 Å². The largest absolute Gasteiger partial charge is 0.388 e. The first kappa shape index (κ1) is 24.2. The molecule has 4 aromatic rings. The molecule has 188 valence electrons. The average molecular weight is 499 g/mol. The summed E-state index contributed by atoms with van der Waals surface area (Å²) >= 11 is 0. The van der Waals surface area contributed by atoms with Gasteiger partial charge in [-0.2, -0.15) is 4.98 Å². The standard InChI is InChI=1S/C26H25F3N4O3/c1-15(25(2,3)34)31-24-30-14-16-13-21(26(35-11-12-36-26)17-7-9-18(27)10-8-17)33(23(16)32-24)22-19(28)5-4-6-20(22)29/h4-10,13-15,34H,11-12H2,1-3H3,(H,30,31,32)/t15-/m0/s1. The van der Waals surface area contributed by atoms with Crippen LogP contribution in [0.25, 0.3) is 16.7 Å². The molecule has 2 N–H and O–H groups in total. The maximum Gasteiger partial charge on any atom is 0.238 e. The Labute approximate surface area is 205 Å². The summed E-state index contributed by atoms with van der Waals surface area (Å²) in [6.45, 7) is 5.46. The van der Waals surface area contributed by atoms with Crippen molar-refractivity contribution in [1.82, 2.24) is 14.5 Å². The molecule has 2 aromatic carbocycles. The minimum Gasteiger partial charge on any atom is -0.388 e. The lowest BCUT2D eigenvalue weighted by molar-refractivity contribution is -0.133. The summed E-state index contributed by atoms with van der Waals surface area (Å²) in [7, 11) is 0. The van der Waals surface area contributed by atoms with Gasteiger partial charge in [-0.3, -0.25) is 4.57 Å². The van der Waals surface area contributed by atoms with Crippen LogP contribution in [0.2, 0.25) is 0 Å². The highest BCUT2D eigenvalue weighted by molar-refractivity contribution is 5.80. The summed E-state index contributed by atoms with van der Waals surface area (Å²) < 4.78 is 57.5. The average Bonchev–Trinajstić information content (AvgIpc) is 3.45. The van der Waals surface area contributed by atoms with Gasteiger partial charge in [0, 0.05) is 17.1 Å². The molecular formula is C26H25F3N4O3. The van der Waals surface area contributed by atoms with Gasteiger partial charge in [0.25, 0.3) is 0 Å². The van der Waals surface area contributed by atoms with Gasteiger partial charge in [-0.15, -0.1) is 0 Å². The van der Waals surface area contributed by atoms with Gasteiger partial charge >= 0.3 is 0 Å². The van der Waals surface area contributed by atoms with E-state index in [1.54, 1.807) is 26.8 Å². The van der Waals surface area contributed by atoms with Crippen LogP contribution in [0.5, 0.6) is 0 Å². The predicted molar refractivity (Wildman–Crippen MR) is 127 cm³/mol. The molecule has 0 aliphatic carbocycles. The van der Waals surface area contributed by atoms with Crippen LogP contribution >= 0.6 is 0 Å². The molecule has 1 aliphatic rings. The zero-order valence-corrected chi connectivity index (χ0v) is 19.9. The lowest BCUT2D eigenvalue weighted by atomic mass is 10.0. The van der Waals surface area contributed by atoms with Crippen LogP contribution in [0, 0.1) is 17.5 Å². The van der Waals surface area contributed by atoms with E-state index >= 15 is 8.78 Å². The number of fused-ring (bicyclic) bond motifs is 1. The molecule has 1 fully saturated rings. The second kappa shape index (κ2) is 8.88. The molecule has 0 saturated carbocycles. The molecule has 0 amide bonds. The monoisotopic (exact) mass is 498 g/mol. The maximum atomic E-state index is 15.2. The number of hydrogen-bond donors (Lipinski definition) is 2. The Morgan fingerprint density at radius 3 is 2.31 bits per heavy atom. The van der Waals surface area contributed by atoms with Crippen molar-refractivity contribution in [3.63, 3.8) is 0 Å². The highest BCUT2D eigenvalue weighted by Crippen LogP contribution is 2.42. The van der Waals surface area contributed by atoms with E-state index in [1.165, 1.54) is 41.1 Å². The Hall–Kier alpha value is -3.47. The molecular weight excluding hydrogens is 473 g/mol. The van der Waals surface area contributed by atoms with Gasteiger partial charge in [0.05, 0.1) is 30.6 Å². The number of para-hydroxylation sites is 1. The molecule has 5 rings (SSSR count). The van der Waals surface area contributed by atoms with Crippen LogP contribution in [0.4, 0.5) is 19.1 Å². The first-order valence-electron chi connectivity index (χ1n) is 11.5. The molecule has 0 unspecified atom stereocenters. The molecule has 0 spiro atoms. The number of halogens is 3. The Morgan fingerprint density at radius 1 is 1.06 bits per heavy atom. The smallest absolute Gasteiger partial charge is 0.238 e. The third-order valence-electron chi connectivity index (χ3n) is 6.36. The van der Waals surface area contributed by atoms with E-state index in [9.17, 15) is 9.50 Å². The highest BCUT2D eigenvalue weighted by atomic mass is 19.1. The van der Waals surface area contributed by atoms with E-state index in [1.807, 2.05) is 0 Å². The van der Waals surface area contributed by atoms with E-state index in [0.717, 1.165) is 12.1 Å². The zero-order chi connectivity index (χ0) is 25.7. The van der Waals surface area contributed by atoms with E-state index in [0.29, 0.717) is 10.9 Å². The molecule has 10 heteroatoms. The van der Waals surface area contributed by atoms with Gasteiger partial charge in [0.1, 0.15) is 23.1 Å². The lowest BCUT2D eigenvalue weighted by Crippen LogP contribution is -2.39. The molecule has 1 atom stereocenters. The molecule has 36 heavy (non-hydrogen) atoms. The van der Waals surface area contributed by atoms with Gasteiger partial charge in [-0.1, -0.05) is 18.2 Å². The Balaban J connectivity index is 1.78. The van der Waals surface area contributed by atoms with Crippen molar-refractivity contribution in [1.29, 1.82) is 0 Å². The molecule has 1 aliphatic heterocycles. The minimum absolute atomic E-state index is 0.156. The summed E-state index contributed by atoms with van der Waals surface area (Å²) in [5.74, 6) is -3.51. The fourth-order valence-electron chi connectivity index (χ4n) is 4.14. The summed E-state index contributed by atoms with van der Waals surface area (Å²) in [5, 5.41) is 13.8. The van der Waals surface area contributed by atoms with Crippen LogP contribution in [0.3, 0.4) is 0 Å². The van der Waals surface area contributed by atoms with Gasteiger partial charge in [-0.05, 0) is 51.1 Å². The SMILES string of the molecule is C[C@H](Nc1ncc2cc(C3(c4ccc(F)cc4)OCCO3)n(-c3c(F)cccc3F)c2n1)C(C)(C)O. The van der Waals surface area contributed by atoms with Crippen molar-refractivity contribution in [2.75, 3.05) is 18.5 Å². The number of anilines is 1. The van der Waals surface area contributed by atoms with Crippen LogP contribution in [-0.4, -0.2) is 44.5 Å². The number of hydrogen-bond acceptors (Lipinski definition) is 6. The molecule has 1 saturated heterocycles. The normalized spacial score (nSPS) is 16.4. The summed E-state index contributed by atoms with van der Waals surface area (Å²) in [5.41, 5.74) is -0.573. The van der Waals surface area contributed by atoms with Crippen LogP contribution in [0.15, 0.2) is 54.7 Å². The summed E-state index contributed by atoms with van der Waals surface area (Å²) in [4.78, 5) is 8.87. The fourth-order valence-corrected chi connectivity index (χ4v) is 4.14. The van der Waals surface area contributed by atoms with Crippen molar-refractivity contribution in [3.8, 4) is 5.69 Å². The quantitative estimate of drug-likeness (QED) is 0.403. The van der Waals surface area contributed by atoms with E-state index in [2.05, 4.69) is 15.3 Å². The number of benzene rings is 2. The van der Waals surface area contributed by atoms with Crippen molar-refractivity contribution >= 4 is 17.0 Å². The first-order chi connectivity index (χ1) is 17.1. The van der Waals surface area contributed by atoms with Crippen LogP contribution in [-0.2, 0) is 15.3 Å². The maximum absolute atomic E-state index is 15.2. The van der Waals surface area contributed by atoms with Gasteiger partial charge in [-0.25, -0.2) is 18.2 Å². The highest BCUT2D eigenvalue weighted by Gasteiger charge is 2.45. The van der Waals surface area contributed by atoms with Gasteiger partial charge in [0.2, 0.25) is 11.7 Å². The Kier molecular flexibility index (Phi) is 5.98. The Morgan fingerprint density at radius 2 is 1.69 bits per heavy atom. The zero-order valence-electron chi connectivity index (χ0n) is 19.9. The molecule has 0 radical (unpaired) electrons. The van der Waals surface area contributed by atoms with Crippen LogP contribution < -0.4 is 5.32 Å². The van der Waals surface area contributed by atoms with Crippen molar-refractivity contribution in [2.45, 2.75) is 38.2 Å². The Bertz CT molecular complexity index is 1390. The van der Waals surface area contributed by atoms with E-state index < -0.39 is 34.9 Å². The fraction of sp³-hybridized carbons (Fsp3) is 0.308. The molecule has 2 aromatic heterocycles. The number of rotatable bonds is 6. The minimum atomic E-state index is -1.57. The molecule has 7 nitrogen and oxygen atoms in total. The number of nitrogens with zero attached hydrogens (tertiary/aromatic N) is 3.